The lowest BCUT2D eigenvalue weighted by Crippen LogP contribution is -2.16. The number of hydrogen-bond acceptors (Lipinski definition) is 5. The van der Waals surface area contributed by atoms with Crippen LogP contribution in [0.4, 0.5) is 0 Å². The van der Waals surface area contributed by atoms with Gasteiger partial charge in [-0.05, 0) is 24.1 Å². The lowest BCUT2D eigenvalue weighted by molar-refractivity contribution is -0.140. The van der Waals surface area contributed by atoms with Crippen molar-refractivity contribution in [3.63, 3.8) is 0 Å². The van der Waals surface area contributed by atoms with Crippen molar-refractivity contribution in [2.45, 2.75) is 12.5 Å². The van der Waals surface area contributed by atoms with Gasteiger partial charge in [0.15, 0.2) is 11.5 Å². The summed E-state index contributed by atoms with van der Waals surface area (Å²) in [7, 11) is 4.67. The molecule has 0 bridgehead atoms. The SMILES string of the molecule is COC(=O)C1CN1CCc1ccc(OC)c(OC)c1. The van der Waals surface area contributed by atoms with Gasteiger partial charge in [-0.2, -0.15) is 0 Å². The van der Waals surface area contributed by atoms with Crippen LogP contribution in [0.15, 0.2) is 18.2 Å². The molecule has 0 N–H and O–H groups in total. The normalized spacial score (nSPS) is 20.8. The first-order valence-corrected chi connectivity index (χ1v) is 6.22. The van der Waals surface area contributed by atoms with Crippen LogP contribution >= 0.6 is 0 Å². The minimum atomic E-state index is -0.146. The highest BCUT2D eigenvalue weighted by atomic mass is 16.5. The fraction of sp³-hybridized carbons (Fsp3) is 0.500. The van der Waals surface area contributed by atoms with Gasteiger partial charge in [-0.3, -0.25) is 9.69 Å². The van der Waals surface area contributed by atoms with E-state index in [1.165, 1.54) is 7.11 Å². The molecule has 1 aliphatic rings. The zero-order valence-electron chi connectivity index (χ0n) is 11.5. The summed E-state index contributed by atoms with van der Waals surface area (Å²) in [4.78, 5) is 13.4. The highest BCUT2D eigenvalue weighted by Crippen LogP contribution is 2.28. The molecule has 1 saturated heterocycles. The van der Waals surface area contributed by atoms with E-state index in [9.17, 15) is 4.79 Å². The Morgan fingerprint density at radius 1 is 1.26 bits per heavy atom. The minimum Gasteiger partial charge on any atom is -0.493 e. The molecule has 0 aromatic heterocycles. The van der Waals surface area contributed by atoms with Crippen LogP contribution < -0.4 is 9.47 Å². The molecule has 2 rings (SSSR count). The summed E-state index contributed by atoms with van der Waals surface area (Å²) in [6.45, 7) is 1.63. The first-order valence-electron chi connectivity index (χ1n) is 6.22. The second-order valence-electron chi connectivity index (χ2n) is 4.47. The smallest absolute Gasteiger partial charge is 0.324 e. The number of carbonyl (C=O) groups excluding carboxylic acids is 1. The molecular formula is C14H19NO4. The van der Waals surface area contributed by atoms with E-state index < -0.39 is 0 Å². The molecule has 0 amide bonds. The van der Waals surface area contributed by atoms with E-state index in [0.29, 0.717) is 0 Å². The van der Waals surface area contributed by atoms with Gasteiger partial charge in [-0.15, -0.1) is 0 Å². The molecule has 2 atom stereocenters. The lowest BCUT2D eigenvalue weighted by atomic mass is 10.1. The second kappa shape index (κ2) is 5.93. The Morgan fingerprint density at radius 2 is 2.00 bits per heavy atom. The van der Waals surface area contributed by atoms with Gasteiger partial charge in [0.2, 0.25) is 0 Å². The number of nitrogens with zero attached hydrogens (tertiary/aromatic N) is 1. The third kappa shape index (κ3) is 3.17. The van der Waals surface area contributed by atoms with Gasteiger partial charge in [0, 0.05) is 13.1 Å². The van der Waals surface area contributed by atoms with E-state index in [1.807, 2.05) is 18.2 Å². The van der Waals surface area contributed by atoms with E-state index in [0.717, 1.165) is 36.6 Å². The Kier molecular flexibility index (Phi) is 4.27. The van der Waals surface area contributed by atoms with E-state index >= 15 is 0 Å². The first-order chi connectivity index (χ1) is 9.19. The molecule has 0 aliphatic carbocycles. The number of hydrogen-bond donors (Lipinski definition) is 0. The van der Waals surface area contributed by atoms with Crippen molar-refractivity contribution in [3.8, 4) is 11.5 Å². The quantitative estimate of drug-likeness (QED) is 0.569. The molecule has 0 spiro atoms. The molecule has 1 heterocycles. The van der Waals surface area contributed by atoms with Gasteiger partial charge in [0.1, 0.15) is 6.04 Å². The molecule has 1 fully saturated rings. The number of ether oxygens (including phenoxy) is 3. The Balaban J connectivity index is 1.89. The first kappa shape index (κ1) is 13.7. The van der Waals surface area contributed by atoms with Crippen LogP contribution in [0.25, 0.3) is 0 Å². The predicted molar refractivity (Wildman–Crippen MR) is 70.6 cm³/mol. The van der Waals surface area contributed by atoms with Crippen LogP contribution in [-0.4, -0.2) is 51.3 Å². The summed E-state index contributed by atoms with van der Waals surface area (Å²) in [6, 6.07) is 5.83. The Morgan fingerprint density at radius 3 is 2.63 bits per heavy atom. The summed E-state index contributed by atoms with van der Waals surface area (Å²) in [5.41, 5.74) is 1.16. The molecule has 5 nitrogen and oxygen atoms in total. The molecular weight excluding hydrogens is 246 g/mol. The fourth-order valence-corrected chi connectivity index (χ4v) is 2.09. The van der Waals surface area contributed by atoms with E-state index in [1.54, 1.807) is 14.2 Å². The van der Waals surface area contributed by atoms with Crippen LogP contribution in [0.2, 0.25) is 0 Å². The predicted octanol–water partition coefficient (Wildman–Crippen LogP) is 1.10. The number of benzene rings is 1. The Bertz CT molecular complexity index is 461. The molecule has 0 saturated carbocycles. The van der Waals surface area contributed by atoms with Crippen molar-refractivity contribution < 1.29 is 19.0 Å². The van der Waals surface area contributed by atoms with E-state index in [4.69, 9.17) is 14.2 Å². The third-order valence-corrected chi connectivity index (χ3v) is 3.32. The molecule has 104 valence electrons. The summed E-state index contributed by atoms with van der Waals surface area (Å²) < 4.78 is 15.2. The van der Waals surface area contributed by atoms with Crippen molar-refractivity contribution in [3.05, 3.63) is 23.8 Å². The van der Waals surface area contributed by atoms with Gasteiger partial charge < -0.3 is 14.2 Å². The zero-order valence-corrected chi connectivity index (χ0v) is 11.5. The third-order valence-electron chi connectivity index (χ3n) is 3.32. The highest BCUT2D eigenvalue weighted by Gasteiger charge is 2.40. The maximum Gasteiger partial charge on any atom is 0.324 e. The van der Waals surface area contributed by atoms with Crippen LogP contribution in [0, 0.1) is 0 Å². The standard InChI is InChI=1S/C14H19NO4/c1-17-12-5-4-10(8-13(12)18-2)6-7-15-9-11(15)14(16)19-3/h4-5,8,11H,6-7,9H2,1-3H3. The van der Waals surface area contributed by atoms with Crippen LogP contribution in [0.5, 0.6) is 11.5 Å². The summed E-state index contributed by atoms with van der Waals surface area (Å²) in [5.74, 6) is 1.31. The van der Waals surface area contributed by atoms with E-state index in [-0.39, 0.29) is 12.0 Å². The van der Waals surface area contributed by atoms with Crippen LogP contribution in [0.3, 0.4) is 0 Å². The average molecular weight is 265 g/mol. The maximum absolute atomic E-state index is 11.3. The van der Waals surface area contributed by atoms with Gasteiger partial charge in [-0.25, -0.2) is 0 Å². The monoisotopic (exact) mass is 265 g/mol. The molecule has 2 unspecified atom stereocenters. The molecule has 1 aromatic rings. The largest absolute Gasteiger partial charge is 0.493 e. The van der Waals surface area contributed by atoms with Crippen LogP contribution in [0.1, 0.15) is 5.56 Å². The molecule has 1 aromatic carbocycles. The van der Waals surface area contributed by atoms with Gasteiger partial charge >= 0.3 is 5.97 Å². The van der Waals surface area contributed by atoms with Crippen LogP contribution in [-0.2, 0) is 16.0 Å². The number of carbonyl (C=O) groups is 1. The maximum atomic E-state index is 11.3. The van der Waals surface area contributed by atoms with Crippen molar-refractivity contribution in [1.82, 2.24) is 4.90 Å². The van der Waals surface area contributed by atoms with Gasteiger partial charge in [0.25, 0.3) is 0 Å². The Labute approximate surface area is 113 Å². The topological polar surface area (TPSA) is 47.8 Å². The number of rotatable bonds is 6. The molecule has 5 heteroatoms. The van der Waals surface area contributed by atoms with Crippen molar-refractivity contribution in [2.24, 2.45) is 0 Å². The molecule has 1 aliphatic heterocycles. The summed E-state index contributed by atoms with van der Waals surface area (Å²) in [6.07, 6.45) is 0.869. The molecule has 0 radical (unpaired) electrons. The number of methoxy groups -OCH3 is 3. The van der Waals surface area contributed by atoms with Crippen molar-refractivity contribution in [2.75, 3.05) is 34.4 Å². The highest BCUT2D eigenvalue weighted by molar-refractivity contribution is 5.78. The summed E-state index contributed by atoms with van der Waals surface area (Å²) in [5, 5.41) is 0. The Hall–Kier alpha value is -1.75. The van der Waals surface area contributed by atoms with Crippen molar-refractivity contribution in [1.29, 1.82) is 0 Å². The zero-order chi connectivity index (χ0) is 13.8. The van der Waals surface area contributed by atoms with Gasteiger partial charge in [-0.1, -0.05) is 6.07 Å². The fourth-order valence-electron chi connectivity index (χ4n) is 2.09. The second-order valence-corrected chi connectivity index (χ2v) is 4.47. The summed E-state index contributed by atoms with van der Waals surface area (Å²) >= 11 is 0. The minimum absolute atomic E-state index is 0.0508. The van der Waals surface area contributed by atoms with E-state index in [2.05, 4.69) is 4.90 Å². The van der Waals surface area contributed by atoms with Gasteiger partial charge in [0.05, 0.1) is 21.3 Å². The average Bonchev–Trinajstić information content (AvgIpc) is 3.23. The number of esters is 1. The lowest BCUT2D eigenvalue weighted by Gasteiger charge is -2.10. The van der Waals surface area contributed by atoms with Crippen molar-refractivity contribution >= 4 is 5.97 Å². The molecule has 19 heavy (non-hydrogen) atoms.